The molecule has 0 radical (unpaired) electrons. The van der Waals surface area contributed by atoms with Crippen LogP contribution in [0.4, 0.5) is 0 Å². The van der Waals surface area contributed by atoms with Crippen molar-refractivity contribution >= 4 is 44.4 Å². The molecule has 0 aliphatic carbocycles. The second kappa shape index (κ2) is 7.56. The van der Waals surface area contributed by atoms with Crippen LogP contribution in [-0.4, -0.2) is 20.4 Å². The molecule has 0 aliphatic heterocycles. The van der Waals surface area contributed by atoms with Gasteiger partial charge in [0.15, 0.2) is 0 Å². The van der Waals surface area contributed by atoms with Gasteiger partial charge >= 0.3 is 0 Å². The average molecular weight is 446 g/mol. The molecule has 0 unspecified atom stereocenters. The highest BCUT2D eigenvalue weighted by Crippen LogP contribution is 2.23. The molecule has 4 rings (SSSR count). The van der Waals surface area contributed by atoms with Crippen molar-refractivity contribution in [2.24, 2.45) is 0 Å². The standard InChI is InChI=1S/C10H11IN2.C10H12N2/c1-6(2)7-3-4-9-8(5-7)10(11)13-12-9;1-7(2)8-3-4-10-9(5-8)6-11-12-10/h3-6H,1-2H3,(H,12,13);3-7H,1-2H3,(H,11,12). The van der Waals surface area contributed by atoms with Crippen LogP contribution in [0.5, 0.6) is 0 Å². The summed E-state index contributed by atoms with van der Waals surface area (Å²) in [4.78, 5) is 0. The second-order valence-electron chi connectivity index (χ2n) is 6.84. The van der Waals surface area contributed by atoms with Crippen molar-refractivity contribution in [2.75, 3.05) is 0 Å². The normalized spacial score (nSPS) is 11.3. The van der Waals surface area contributed by atoms with Crippen LogP contribution in [0.3, 0.4) is 0 Å². The average Bonchev–Trinajstić information content (AvgIpc) is 3.21. The number of hydrogen-bond donors (Lipinski definition) is 2. The van der Waals surface area contributed by atoms with Gasteiger partial charge in [-0.25, -0.2) is 0 Å². The number of rotatable bonds is 2. The van der Waals surface area contributed by atoms with Crippen molar-refractivity contribution in [1.29, 1.82) is 0 Å². The van der Waals surface area contributed by atoms with Gasteiger partial charge in [0, 0.05) is 10.8 Å². The summed E-state index contributed by atoms with van der Waals surface area (Å²) in [6.07, 6.45) is 1.86. The fraction of sp³-hybridized carbons (Fsp3) is 0.300. The highest BCUT2D eigenvalue weighted by molar-refractivity contribution is 14.1. The number of aromatic amines is 2. The van der Waals surface area contributed by atoms with E-state index in [1.807, 2.05) is 6.20 Å². The fourth-order valence-electron chi connectivity index (χ4n) is 2.68. The molecule has 2 aromatic heterocycles. The van der Waals surface area contributed by atoms with Crippen LogP contribution in [0.2, 0.25) is 0 Å². The van der Waals surface area contributed by atoms with Crippen LogP contribution in [0.15, 0.2) is 42.6 Å². The smallest absolute Gasteiger partial charge is 0.104 e. The number of hydrogen-bond acceptors (Lipinski definition) is 2. The van der Waals surface area contributed by atoms with Gasteiger partial charge in [-0.05, 0) is 69.8 Å². The Balaban J connectivity index is 0.000000146. The topological polar surface area (TPSA) is 57.4 Å². The van der Waals surface area contributed by atoms with E-state index >= 15 is 0 Å². The van der Waals surface area contributed by atoms with Gasteiger partial charge in [-0.2, -0.15) is 10.2 Å². The highest BCUT2D eigenvalue weighted by Gasteiger charge is 2.05. The highest BCUT2D eigenvalue weighted by atomic mass is 127. The molecule has 0 atom stereocenters. The number of nitrogens with zero attached hydrogens (tertiary/aromatic N) is 2. The van der Waals surface area contributed by atoms with E-state index in [0.29, 0.717) is 11.8 Å². The number of H-pyrrole nitrogens is 2. The van der Waals surface area contributed by atoms with E-state index in [0.717, 1.165) is 14.7 Å². The number of halogens is 1. The number of benzene rings is 2. The molecule has 0 amide bonds. The third kappa shape index (κ3) is 4.03. The van der Waals surface area contributed by atoms with Crippen LogP contribution in [0, 0.1) is 3.70 Å². The minimum atomic E-state index is 0.579. The van der Waals surface area contributed by atoms with Crippen LogP contribution >= 0.6 is 22.6 Å². The summed E-state index contributed by atoms with van der Waals surface area (Å²) in [6, 6.07) is 12.8. The SMILES string of the molecule is CC(C)c1ccc2[nH]ncc2c1.CC(C)c1ccc2n[nH]c(I)c2c1. The summed E-state index contributed by atoms with van der Waals surface area (Å²) in [5, 5.41) is 16.5. The van der Waals surface area contributed by atoms with Crippen LogP contribution in [0.25, 0.3) is 21.8 Å². The van der Waals surface area contributed by atoms with Crippen molar-refractivity contribution in [3.8, 4) is 0 Å². The molecule has 0 bridgehead atoms. The molecular weight excluding hydrogens is 423 g/mol. The molecule has 0 aliphatic rings. The largest absolute Gasteiger partial charge is 0.278 e. The summed E-state index contributed by atoms with van der Waals surface area (Å²) in [5.74, 6) is 1.17. The first-order chi connectivity index (χ1) is 12.0. The number of aromatic nitrogens is 4. The van der Waals surface area contributed by atoms with E-state index in [9.17, 15) is 0 Å². The molecular formula is C20H23IN4. The maximum absolute atomic E-state index is 4.19. The molecule has 2 N–H and O–H groups in total. The Bertz CT molecular complexity index is 982. The molecule has 5 heteroatoms. The zero-order chi connectivity index (χ0) is 18.0. The zero-order valence-corrected chi connectivity index (χ0v) is 17.1. The number of fused-ring (bicyclic) bond motifs is 2. The van der Waals surface area contributed by atoms with E-state index in [4.69, 9.17) is 0 Å². The monoisotopic (exact) mass is 446 g/mol. The molecule has 0 saturated heterocycles. The maximum atomic E-state index is 4.19. The Hall–Kier alpha value is -1.89. The maximum Gasteiger partial charge on any atom is 0.104 e. The third-order valence-corrected chi connectivity index (χ3v) is 5.15. The first kappa shape index (κ1) is 17.9. The number of nitrogens with one attached hydrogen (secondary N) is 2. The summed E-state index contributed by atoms with van der Waals surface area (Å²) in [6.45, 7) is 8.80. The minimum absolute atomic E-state index is 0.579. The zero-order valence-electron chi connectivity index (χ0n) is 15.0. The quantitative estimate of drug-likeness (QED) is 0.373. The van der Waals surface area contributed by atoms with Gasteiger partial charge in [0.25, 0.3) is 0 Å². The Morgan fingerprint density at radius 1 is 0.880 bits per heavy atom. The van der Waals surface area contributed by atoms with E-state index < -0.39 is 0 Å². The van der Waals surface area contributed by atoms with E-state index in [-0.39, 0.29) is 0 Å². The fourth-order valence-corrected chi connectivity index (χ4v) is 3.23. The van der Waals surface area contributed by atoms with Crippen LogP contribution in [-0.2, 0) is 0 Å². The summed E-state index contributed by atoms with van der Waals surface area (Å²) in [7, 11) is 0. The lowest BCUT2D eigenvalue weighted by molar-refractivity contribution is 0.868. The van der Waals surface area contributed by atoms with Gasteiger partial charge in [0.1, 0.15) is 3.70 Å². The Labute approximate surface area is 161 Å². The van der Waals surface area contributed by atoms with Gasteiger partial charge in [-0.3, -0.25) is 10.2 Å². The van der Waals surface area contributed by atoms with Crippen molar-refractivity contribution in [2.45, 2.75) is 39.5 Å². The molecule has 25 heavy (non-hydrogen) atoms. The molecule has 0 saturated carbocycles. The molecule has 0 fully saturated rings. The van der Waals surface area contributed by atoms with Crippen LogP contribution in [0.1, 0.15) is 50.7 Å². The lowest BCUT2D eigenvalue weighted by Crippen LogP contribution is -1.85. The third-order valence-electron chi connectivity index (χ3n) is 4.33. The first-order valence-corrected chi connectivity index (χ1v) is 9.60. The Kier molecular flexibility index (Phi) is 5.42. The molecule has 2 heterocycles. The Morgan fingerprint density at radius 3 is 2.28 bits per heavy atom. The van der Waals surface area contributed by atoms with E-state index in [1.165, 1.54) is 21.9 Å². The second-order valence-corrected chi connectivity index (χ2v) is 7.92. The first-order valence-electron chi connectivity index (χ1n) is 8.52. The van der Waals surface area contributed by atoms with Crippen molar-refractivity contribution in [1.82, 2.24) is 20.4 Å². The lowest BCUT2D eigenvalue weighted by atomic mass is 10.0. The van der Waals surface area contributed by atoms with Gasteiger partial charge in [0.05, 0.1) is 17.2 Å². The molecule has 0 spiro atoms. The summed E-state index contributed by atoms with van der Waals surface area (Å²) < 4.78 is 1.12. The van der Waals surface area contributed by atoms with E-state index in [1.54, 1.807) is 0 Å². The summed E-state index contributed by atoms with van der Waals surface area (Å²) in [5.41, 5.74) is 4.89. The molecule has 130 valence electrons. The van der Waals surface area contributed by atoms with Crippen molar-refractivity contribution in [3.63, 3.8) is 0 Å². The van der Waals surface area contributed by atoms with Gasteiger partial charge in [-0.1, -0.05) is 39.8 Å². The minimum Gasteiger partial charge on any atom is -0.278 e. The van der Waals surface area contributed by atoms with Gasteiger partial charge in [-0.15, -0.1) is 0 Å². The predicted octanol–water partition coefficient (Wildman–Crippen LogP) is 5.98. The van der Waals surface area contributed by atoms with Gasteiger partial charge < -0.3 is 0 Å². The Morgan fingerprint density at radius 2 is 1.56 bits per heavy atom. The summed E-state index contributed by atoms with van der Waals surface area (Å²) >= 11 is 2.28. The molecule has 4 nitrogen and oxygen atoms in total. The van der Waals surface area contributed by atoms with Crippen molar-refractivity contribution in [3.05, 3.63) is 57.4 Å². The van der Waals surface area contributed by atoms with Crippen molar-refractivity contribution < 1.29 is 0 Å². The lowest BCUT2D eigenvalue weighted by Gasteiger charge is -2.03. The van der Waals surface area contributed by atoms with E-state index in [2.05, 4.69) is 107 Å². The molecule has 4 aromatic rings. The van der Waals surface area contributed by atoms with Gasteiger partial charge in [0.2, 0.25) is 0 Å². The molecule has 2 aromatic carbocycles. The predicted molar refractivity (Wildman–Crippen MR) is 113 cm³/mol. The van der Waals surface area contributed by atoms with Crippen LogP contribution < -0.4 is 0 Å².